The number of nitrogens with zero attached hydrogens (tertiary/aromatic N) is 1. The number of hydrogen-bond donors (Lipinski definition) is 2. The number of likely N-dealkylation sites (N-methyl/N-ethyl adjacent to an activating group) is 1. The molecule has 4 heteroatoms. The zero-order valence-electron chi connectivity index (χ0n) is 11.7. The number of nitrogens with two attached hydrogens (primary N) is 1. The van der Waals surface area contributed by atoms with E-state index in [2.05, 4.69) is 18.7 Å². The van der Waals surface area contributed by atoms with Crippen molar-refractivity contribution in [3.8, 4) is 0 Å². The molecule has 3 N–H and O–H groups in total. The molecule has 0 saturated heterocycles. The lowest BCUT2D eigenvalue weighted by Crippen LogP contribution is -2.41. The molecule has 0 saturated carbocycles. The van der Waals surface area contributed by atoms with Gasteiger partial charge in [0.1, 0.15) is 11.5 Å². The average molecular weight is 254 g/mol. The maximum atomic E-state index is 8.98. The molecule has 2 unspecified atom stereocenters. The quantitative estimate of drug-likeness (QED) is 0.745. The molecule has 4 nitrogen and oxygen atoms in total. The van der Waals surface area contributed by atoms with Crippen molar-refractivity contribution in [3.05, 3.63) is 23.7 Å². The molecule has 0 radical (unpaired) electrons. The monoisotopic (exact) mass is 254 g/mol. The van der Waals surface area contributed by atoms with E-state index >= 15 is 0 Å². The molecule has 0 bridgehead atoms. The molecule has 0 spiro atoms. The molecule has 0 fully saturated rings. The maximum Gasteiger partial charge on any atom is 0.122 e. The SMILES string of the molecule is CCC(N)C(c1ccc(C)o1)N(CC)CCCO. The van der Waals surface area contributed by atoms with E-state index in [1.165, 1.54) is 0 Å². The van der Waals surface area contributed by atoms with Crippen molar-refractivity contribution in [2.24, 2.45) is 5.73 Å². The Bertz CT molecular complexity index is 338. The summed E-state index contributed by atoms with van der Waals surface area (Å²) in [4.78, 5) is 2.28. The Labute approximate surface area is 110 Å². The Morgan fingerprint density at radius 1 is 1.39 bits per heavy atom. The zero-order valence-corrected chi connectivity index (χ0v) is 11.7. The lowest BCUT2D eigenvalue weighted by molar-refractivity contribution is 0.140. The highest BCUT2D eigenvalue weighted by Crippen LogP contribution is 2.26. The van der Waals surface area contributed by atoms with Crippen molar-refractivity contribution in [1.82, 2.24) is 4.90 Å². The minimum absolute atomic E-state index is 0.0502. The van der Waals surface area contributed by atoms with Crippen LogP contribution in [0.25, 0.3) is 0 Å². The Hall–Kier alpha value is -0.840. The average Bonchev–Trinajstić information content (AvgIpc) is 2.79. The summed E-state index contributed by atoms with van der Waals surface area (Å²) in [5.74, 6) is 1.85. The van der Waals surface area contributed by atoms with Crippen LogP contribution in [0.3, 0.4) is 0 Å². The van der Waals surface area contributed by atoms with E-state index in [1.54, 1.807) is 0 Å². The first-order chi connectivity index (χ1) is 8.63. The summed E-state index contributed by atoms with van der Waals surface area (Å²) in [5, 5.41) is 8.98. The highest BCUT2D eigenvalue weighted by atomic mass is 16.3. The van der Waals surface area contributed by atoms with Crippen molar-refractivity contribution in [2.75, 3.05) is 19.7 Å². The van der Waals surface area contributed by atoms with Gasteiger partial charge in [-0.1, -0.05) is 13.8 Å². The molecule has 18 heavy (non-hydrogen) atoms. The molecule has 0 amide bonds. The minimum atomic E-state index is 0.0502. The molecule has 0 aromatic carbocycles. The predicted octanol–water partition coefficient (Wildman–Crippen LogP) is 2.07. The van der Waals surface area contributed by atoms with Gasteiger partial charge in [-0.15, -0.1) is 0 Å². The second kappa shape index (κ2) is 7.56. The van der Waals surface area contributed by atoms with E-state index in [1.807, 2.05) is 19.1 Å². The van der Waals surface area contributed by atoms with Gasteiger partial charge >= 0.3 is 0 Å². The first-order valence-corrected chi connectivity index (χ1v) is 6.80. The van der Waals surface area contributed by atoms with Crippen LogP contribution in [0.2, 0.25) is 0 Å². The molecule has 1 heterocycles. The van der Waals surface area contributed by atoms with Gasteiger partial charge in [0.05, 0.1) is 6.04 Å². The third-order valence-corrected chi connectivity index (χ3v) is 3.33. The Morgan fingerprint density at radius 2 is 2.11 bits per heavy atom. The summed E-state index contributed by atoms with van der Waals surface area (Å²) < 4.78 is 5.75. The van der Waals surface area contributed by atoms with Gasteiger partial charge in [-0.25, -0.2) is 0 Å². The van der Waals surface area contributed by atoms with Gasteiger partial charge in [0.15, 0.2) is 0 Å². The fourth-order valence-corrected chi connectivity index (χ4v) is 2.27. The fraction of sp³-hybridized carbons (Fsp3) is 0.714. The molecule has 104 valence electrons. The van der Waals surface area contributed by atoms with E-state index in [0.717, 1.165) is 37.5 Å². The minimum Gasteiger partial charge on any atom is -0.465 e. The molecule has 0 aliphatic heterocycles. The van der Waals surface area contributed by atoms with Crippen LogP contribution in [0.15, 0.2) is 16.5 Å². The van der Waals surface area contributed by atoms with Crippen LogP contribution in [-0.2, 0) is 0 Å². The van der Waals surface area contributed by atoms with Crippen molar-refractivity contribution in [2.45, 2.75) is 45.7 Å². The first-order valence-electron chi connectivity index (χ1n) is 6.80. The summed E-state index contributed by atoms with van der Waals surface area (Å²) >= 11 is 0. The number of furan rings is 1. The van der Waals surface area contributed by atoms with Crippen LogP contribution in [0.4, 0.5) is 0 Å². The standard InChI is InChI=1S/C14H26N2O2/c1-4-12(15)14(13-8-7-11(3)18-13)16(5-2)9-6-10-17/h7-8,12,14,17H,4-6,9-10,15H2,1-3H3. The van der Waals surface area contributed by atoms with Gasteiger partial charge in [-0.05, 0) is 38.4 Å². The van der Waals surface area contributed by atoms with Gasteiger partial charge < -0.3 is 15.3 Å². The van der Waals surface area contributed by atoms with Gasteiger partial charge in [-0.3, -0.25) is 4.90 Å². The third-order valence-electron chi connectivity index (χ3n) is 3.33. The normalized spacial score (nSPS) is 15.0. The van der Waals surface area contributed by atoms with E-state index in [0.29, 0.717) is 0 Å². The highest BCUT2D eigenvalue weighted by molar-refractivity contribution is 5.12. The second-order valence-corrected chi connectivity index (χ2v) is 4.67. The van der Waals surface area contributed by atoms with Crippen LogP contribution in [-0.4, -0.2) is 35.7 Å². The summed E-state index contributed by atoms with van der Waals surface area (Å²) in [7, 11) is 0. The number of aliphatic hydroxyl groups is 1. The van der Waals surface area contributed by atoms with Crippen LogP contribution < -0.4 is 5.73 Å². The van der Waals surface area contributed by atoms with E-state index in [-0.39, 0.29) is 18.7 Å². The topological polar surface area (TPSA) is 62.6 Å². The van der Waals surface area contributed by atoms with Crippen LogP contribution in [0, 0.1) is 6.92 Å². The van der Waals surface area contributed by atoms with Crippen LogP contribution in [0.1, 0.15) is 44.3 Å². The van der Waals surface area contributed by atoms with Crippen molar-refractivity contribution < 1.29 is 9.52 Å². The number of aryl methyl sites for hydroxylation is 1. The first kappa shape index (κ1) is 15.2. The smallest absolute Gasteiger partial charge is 0.122 e. The lowest BCUT2D eigenvalue weighted by Gasteiger charge is -2.33. The third kappa shape index (κ3) is 3.83. The molecule has 1 aromatic rings. The molecular formula is C14H26N2O2. The van der Waals surface area contributed by atoms with E-state index in [4.69, 9.17) is 15.3 Å². The Balaban J connectivity index is 2.88. The zero-order chi connectivity index (χ0) is 13.5. The lowest BCUT2D eigenvalue weighted by atomic mass is 10.0. The summed E-state index contributed by atoms with van der Waals surface area (Å²) in [6, 6.07) is 4.14. The Morgan fingerprint density at radius 3 is 2.56 bits per heavy atom. The van der Waals surface area contributed by atoms with Gasteiger partial charge in [-0.2, -0.15) is 0 Å². The number of aliphatic hydroxyl groups excluding tert-OH is 1. The molecule has 1 aromatic heterocycles. The maximum absolute atomic E-state index is 8.98. The molecule has 2 atom stereocenters. The van der Waals surface area contributed by atoms with Gasteiger partial charge in [0.2, 0.25) is 0 Å². The summed E-state index contributed by atoms with van der Waals surface area (Å²) in [6.07, 6.45) is 1.67. The predicted molar refractivity (Wildman–Crippen MR) is 73.4 cm³/mol. The summed E-state index contributed by atoms with van der Waals surface area (Å²) in [5.41, 5.74) is 6.24. The van der Waals surface area contributed by atoms with Gasteiger partial charge in [0.25, 0.3) is 0 Å². The summed E-state index contributed by atoms with van der Waals surface area (Å²) in [6.45, 7) is 8.10. The van der Waals surface area contributed by atoms with Crippen molar-refractivity contribution in [1.29, 1.82) is 0 Å². The van der Waals surface area contributed by atoms with E-state index in [9.17, 15) is 0 Å². The van der Waals surface area contributed by atoms with Crippen molar-refractivity contribution >= 4 is 0 Å². The molecule has 0 aliphatic rings. The number of rotatable bonds is 8. The van der Waals surface area contributed by atoms with Crippen LogP contribution >= 0.6 is 0 Å². The van der Waals surface area contributed by atoms with Crippen LogP contribution in [0.5, 0.6) is 0 Å². The van der Waals surface area contributed by atoms with Crippen molar-refractivity contribution in [3.63, 3.8) is 0 Å². The fourth-order valence-electron chi connectivity index (χ4n) is 2.27. The second-order valence-electron chi connectivity index (χ2n) is 4.67. The van der Waals surface area contributed by atoms with Gasteiger partial charge in [0, 0.05) is 19.2 Å². The van der Waals surface area contributed by atoms with E-state index < -0.39 is 0 Å². The molecule has 0 aliphatic carbocycles. The molecular weight excluding hydrogens is 228 g/mol. The Kier molecular flexibility index (Phi) is 6.39. The number of hydrogen-bond acceptors (Lipinski definition) is 4. The highest BCUT2D eigenvalue weighted by Gasteiger charge is 2.27. The largest absolute Gasteiger partial charge is 0.465 e. The molecule has 1 rings (SSSR count).